The lowest BCUT2D eigenvalue weighted by Gasteiger charge is -2.15. The van der Waals surface area contributed by atoms with Crippen molar-refractivity contribution < 1.29 is 22.4 Å². The van der Waals surface area contributed by atoms with Crippen LogP contribution in [-0.4, -0.2) is 15.7 Å². The highest BCUT2D eigenvalue weighted by molar-refractivity contribution is 5.97. The number of alkyl halides is 3. The maximum absolute atomic E-state index is 13.9. The number of amides is 1. The van der Waals surface area contributed by atoms with Gasteiger partial charge in [-0.05, 0) is 48.2 Å². The van der Waals surface area contributed by atoms with Crippen LogP contribution in [0.15, 0.2) is 60.9 Å². The van der Waals surface area contributed by atoms with Crippen LogP contribution < -0.4 is 5.32 Å². The quantitative estimate of drug-likeness (QED) is 0.654. The van der Waals surface area contributed by atoms with Crippen LogP contribution in [0.3, 0.4) is 0 Å². The maximum atomic E-state index is 13.9. The molecule has 1 saturated carbocycles. The zero-order chi connectivity index (χ0) is 19.9. The van der Waals surface area contributed by atoms with Gasteiger partial charge in [0, 0.05) is 18.3 Å². The lowest BCUT2D eigenvalue weighted by atomic mass is 10.1. The van der Waals surface area contributed by atoms with Gasteiger partial charge >= 0.3 is 6.18 Å². The largest absolute Gasteiger partial charge is 0.416 e. The molecule has 2 unspecified atom stereocenters. The molecule has 144 valence electrons. The van der Waals surface area contributed by atoms with Gasteiger partial charge in [-0.1, -0.05) is 18.2 Å². The number of rotatable bonds is 4. The van der Waals surface area contributed by atoms with E-state index < -0.39 is 23.6 Å². The zero-order valence-electron chi connectivity index (χ0n) is 14.4. The molecule has 2 atom stereocenters. The number of carbonyl (C=O) groups is 1. The molecule has 2 aromatic carbocycles. The molecule has 1 amide bonds. The molecule has 1 N–H and O–H groups in total. The Morgan fingerprint density at radius 1 is 1.14 bits per heavy atom. The summed E-state index contributed by atoms with van der Waals surface area (Å²) in [6.45, 7) is 0. The summed E-state index contributed by atoms with van der Waals surface area (Å²) in [5, 5.41) is 6.59. The van der Waals surface area contributed by atoms with Crippen LogP contribution in [0.25, 0.3) is 5.69 Å². The van der Waals surface area contributed by atoms with Crippen molar-refractivity contribution in [2.75, 3.05) is 5.32 Å². The second kappa shape index (κ2) is 6.78. The van der Waals surface area contributed by atoms with Gasteiger partial charge in [0.15, 0.2) is 0 Å². The molecule has 1 aliphatic rings. The molecule has 0 aliphatic heterocycles. The Hall–Kier alpha value is -3.16. The summed E-state index contributed by atoms with van der Waals surface area (Å²) >= 11 is 0. The van der Waals surface area contributed by atoms with E-state index in [1.54, 1.807) is 30.5 Å². The molecule has 0 bridgehead atoms. The molecule has 1 heterocycles. The van der Waals surface area contributed by atoms with Gasteiger partial charge in [-0.25, -0.2) is 9.07 Å². The molecular weight excluding hydrogens is 374 g/mol. The summed E-state index contributed by atoms with van der Waals surface area (Å²) in [4.78, 5) is 12.6. The van der Waals surface area contributed by atoms with E-state index in [0.717, 1.165) is 12.1 Å². The van der Waals surface area contributed by atoms with Crippen molar-refractivity contribution in [1.29, 1.82) is 0 Å². The van der Waals surface area contributed by atoms with Gasteiger partial charge in [-0.2, -0.15) is 18.3 Å². The SMILES string of the molecule is O=C(Nc1cc(C(F)(F)F)ccc1-n1cccn1)C1CC1c1ccccc1F. The minimum Gasteiger partial charge on any atom is -0.324 e. The summed E-state index contributed by atoms with van der Waals surface area (Å²) in [6.07, 6.45) is -1.05. The number of benzene rings is 2. The van der Waals surface area contributed by atoms with E-state index in [1.807, 2.05) is 0 Å². The highest BCUT2D eigenvalue weighted by Gasteiger charge is 2.45. The van der Waals surface area contributed by atoms with Crippen LogP contribution in [0.5, 0.6) is 0 Å². The molecule has 1 aliphatic carbocycles. The molecule has 0 saturated heterocycles. The second-order valence-electron chi connectivity index (χ2n) is 6.64. The molecule has 4 rings (SSSR count). The van der Waals surface area contributed by atoms with Crippen molar-refractivity contribution in [1.82, 2.24) is 9.78 Å². The monoisotopic (exact) mass is 389 g/mol. The normalized spacial score (nSPS) is 18.7. The first-order chi connectivity index (χ1) is 13.3. The van der Waals surface area contributed by atoms with Gasteiger partial charge in [0.2, 0.25) is 5.91 Å². The van der Waals surface area contributed by atoms with Crippen molar-refractivity contribution in [3.63, 3.8) is 0 Å². The summed E-state index contributed by atoms with van der Waals surface area (Å²) in [6, 6.07) is 10.9. The summed E-state index contributed by atoms with van der Waals surface area (Å²) in [7, 11) is 0. The molecule has 28 heavy (non-hydrogen) atoms. The molecule has 0 spiro atoms. The Labute approximate surface area is 157 Å². The topological polar surface area (TPSA) is 46.9 Å². The second-order valence-corrected chi connectivity index (χ2v) is 6.64. The third-order valence-corrected chi connectivity index (χ3v) is 4.76. The highest BCUT2D eigenvalue weighted by atomic mass is 19.4. The van der Waals surface area contributed by atoms with Crippen molar-refractivity contribution in [3.8, 4) is 5.69 Å². The Balaban J connectivity index is 1.60. The lowest BCUT2D eigenvalue weighted by Crippen LogP contribution is -2.17. The minimum atomic E-state index is -4.54. The number of nitrogens with zero attached hydrogens (tertiary/aromatic N) is 2. The van der Waals surface area contributed by atoms with E-state index in [1.165, 1.54) is 23.0 Å². The average Bonchev–Trinajstić information content (AvgIpc) is 3.26. The number of anilines is 1. The number of hydrogen-bond donors (Lipinski definition) is 1. The molecule has 1 fully saturated rings. The van der Waals surface area contributed by atoms with Crippen molar-refractivity contribution in [2.24, 2.45) is 5.92 Å². The van der Waals surface area contributed by atoms with Gasteiger partial charge < -0.3 is 5.32 Å². The predicted molar refractivity (Wildman–Crippen MR) is 94.4 cm³/mol. The van der Waals surface area contributed by atoms with Crippen LogP contribution in [0.1, 0.15) is 23.5 Å². The Kier molecular flexibility index (Phi) is 4.41. The third kappa shape index (κ3) is 3.49. The zero-order valence-corrected chi connectivity index (χ0v) is 14.4. The van der Waals surface area contributed by atoms with Gasteiger partial charge in [0.1, 0.15) is 5.82 Å². The molecule has 4 nitrogen and oxygen atoms in total. The molecule has 1 aromatic heterocycles. The van der Waals surface area contributed by atoms with Gasteiger partial charge in [-0.3, -0.25) is 4.79 Å². The van der Waals surface area contributed by atoms with E-state index in [0.29, 0.717) is 17.7 Å². The Bertz CT molecular complexity index is 1010. The van der Waals surface area contributed by atoms with Crippen LogP contribution in [0, 0.1) is 11.7 Å². The van der Waals surface area contributed by atoms with Crippen LogP contribution in [0.4, 0.5) is 23.2 Å². The van der Waals surface area contributed by atoms with Gasteiger partial charge in [0.25, 0.3) is 0 Å². The van der Waals surface area contributed by atoms with Crippen LogP contribution in [-0.2, 0) is 11.0 Å². The fourth-order valence-corrected chi connectivity index (χ4v) is 3.25. The number of hydrogen-bond acceptors (Lipinski definition) is 2. The molecule has 8 heteroatoms. The minimum absolute atomic E-state index is 0.00251. The van der Waals surface area contributed by atoms with Crippen molar-refractivity contribution >= 4 is 11.6 Å². The maximum Gasteiger partial charge on any atom is 0.416 e. The highest BCUT2D eigenvalue weighted by Crippen LogP contribution is 2.49. The van der Waals surface area contributed by atoms with Crippen molar-refractivity contribution in [2.45, 2.75) is 18.5 Å². The smallest absolute Gasteiger partial charge is 0.324 e. The van der Waals surface area contributed by atoms with Crippen LogP contribution in [0.2, 0.25) is 0 Å². The van der Waals surface area contributed by atoms with E-state index in [2.05, 4.69) is 10.4 Å². The number of aromatic nitrogens is 2. The van der Waals surface area contributed by atoms with Gasteiger partial charge in [0.05, 0.1) is 16.9 Å². The first-order valence-corrected chi connectivity index (χ1v) is 8.61. The molecule has 0 radical (unpaired) electrons. The van der Waals surface area contributed by atoms with Gasteiger partial charge in [-0.15, -0.1) is 0 Å². The molecule has 3 aromatic rings. The lowest BCUT2D eigenvalue weighted by molar-refractivity contribution is -0.137. The Morgan fingerprint density at radius 2 is 1.93 bits per heavy atom. The number of halogens is 4. The third-order valence-electron chi connectivity index (χ3n) is 4.76. The Morgan fingerprint density at radius 3 is 2.61 bits per heavy atom. The summed E-state index contributed by atoms with van der Waals surface area (Å²) < 4.78 is 54.6. The van der Waals surface area contributed by atoms with Crippen molar-refractivity contribution in [3.05, 3.63) is 77.9 Å². The first-order valence-electron chi connectivity index (χ1n) is 8.61. The standard InChI is InChI=1S/C20H15F4N3O/c21-16-5-2-1-4-13(16)14-11-15(14)19(28)26-17-10-12(20(22,23)24)6-7-18(17)27-9-3-8-25-27/h1-10,14-15H,11H2,(H,26,28). The van der Waals surface area contributed by atoms with E-state index in [-0.39, 0.29) is 17.4 Å². The number of nitrogens with one attached hydrogen (secondary N) is 1. The fraction of sp³-hybridized carbons (Fsp3) is 0.200. The summed E-state index contributed by atoms with van der Waals surface area (Å²) in [5.41, 5.74) is -0.115. The van der Waals surface area contributed by atoms with E-state index >= 15 is 0 Å². The predicted octanol–water partition coefficient (Wildman–Crippen LogP) is 4.77. The summed E-state index contributed by atoms with van der Waals surface area (Å²) in [5.74, 6) is -1.60. The van der Waals surface area contributed by atoms with E-state index in [9.17, 15) is 22.4 Å². The molecular formula is C20H15F4N3O. The first kappa shape index (κ1) is 18.2. The average molecular weight is 389 g/mol. The number of carbonyl (C=O) groups excluding carboxylic acids is 1. The fourth-order valence-electron chi connectivity index (χ4n) is 3.25. The van der Waals surface area contributed by atoms with Crippen LogP contribution >= 0.6 is 0 Å². The van der Waals surface area contributed by atoms with E-state index in [4.69, 9.17) is 0 Å².